The third kappa shape index (κ3) is 11.5. The standard InChI is InChI=1S/C24H42N2O4S/c1-4-5-6-7-8-9-10-11-12-13-14-15-16-17-20-25(2)23-19-18-22(31(3,29)30)21-24(23)26(27)28/h18-19,21H,4-17,20H2,1-3H3. The molecule has 0 aliphatic carbocycles. The van der Waals surface area contributed by atoms with Gasteiger partial charge in [0.25, 0.3) is 5.69 Å². The summed E-state index contributed by atoms with van der Waals surface area (Å²) in [6, 6.07) is 4.14. The molecule has 0 fully saturated rings. The Bertz CT molecular complexity index is 750. The summed E-state index contributed by atoms with van der Waals surface area (Å²) in [6.07, 6.45) is 19.2. The van der Waals surface area contributed by atoms with Crippen LogP contribution in [0.1, 0.15) is 96.8 Å². The second kappa shape index (κ2) is 15.2. The summed E-state index contributed by atoms with van der Waals surface area (Å²) in [7, 11) is -1.64. The van der Waals surface area contributed by atoms with Crippen molar-refractivity contribution in [2.24, 2.45) is 0 Å². The van der Waals surface area contributed by atoms with Crippen molar-refractivity contribution in [3.63, 3.8) is 0 Å². The predicted molar refractivity (Wildman–Crippen MR) is 130 cm³/mol. The lowest BCUT2D eigenvalue weighted by Gasteiger charge is -2.19. The highest BCUT2D eigenvalue weighted by atomic mass is 32.2. The summed E-state index contributed by atoms with van der Waals surface area (Å²) in [6.45, 7) is 2.97. The first-order valence-corrected chi connectivity index (χ1v) is 13.9. The minimum absolute atomic E-state index is 0.0205. The Balaban J connectivity index is 2.20. The maximum Gasteiger partial charge on any atom is 0.293 e. The third-order valence-electron chi connectivity index (χ3n) is 5.83. The van der Waals surface area contributed by atoms with Crippen LogP contribution >= 0.6 is 0 Å². The van der Waals surface area contributed by atoms with E-state index in [1.807, 2.05) is 11.9 Å². The van der Waals surface area contributed by atoms with E-state index in [9.17, 15) is 18.5 Å². The maximum absolute atomic E-state index is 11.7. The van der Waals surface area contributed by atoms with Crippen molar-refractivity contribution in [2.75, 3.05) is 24.7 Å². The van der Waals surface area contributed by atoms with Crippen LogP contribution in [0.5, 0.6) is 0 Å². The Kier molecular flexibility index (Phi) is 13.5. The topological polar surface area (TPSA) is 80.5 Å². The van der Waals surface area contributed by atoms with Crippen LogP contribution in [-0.2, 0) is 9.84 Å². The van der Waals surface area contributed by atoms with E-state index >= 15 is 0 Å². The molecule has 0 aliphatic rings. The van der Waals surface area contributed by atoms with Gasteiger partial charge in [-0.1, -0.05) is 90.4 Å². The van der Waals surface area contributed by atoms with Crippen LogP contribution in [-0.4, -0.2) is 33.2 Å². The molecule has 1 aromatic rings. The van der Waals surface area contributed by atoms with Crippen molar-refractivity contribution in [3.05, 3.63) is 28.3 Å². The summed E-state index contributed by atoms with van der Waals surface area (Å²) in [5.74, 6) is 0. The fourth-order valence-corrected chi connectivity index (χ4v) is 4.51. The minimum Gasteiger partial charge on any atom is -0.369 e. The number of nitro groups is 1. The van der Waals surface area contributed by atoms with Gasteiger partial charge in [0.05, 0.1) is 9.82 Å². The lowest BCUT2D eigenvalue weighted by atomic mass is 10.0. The Morgan fingerprint density at radius 2 is 1.29 bits per heavy atom. The van der Waals surface area contributed by atoms with Gasteiger partial charge in [0.2, 0.25) is 0 Å². The lowest BCUT2D eigenvalue weighted by molar-refractivity contribution is -0.384. The van der Waals surface area contributed by atoms with Gasteiger partial charge in [0, 0.05) is 25.9 Å². The monoisotopic (exact) mass is 454 g/mol. The molecule has 0 atom stereocenters. The molecule has 0 spiro atoms. The molecule has 0 heterocycles. The predicted octanol–water partition coefficient (Wildman–Crippen LogP) is 6.92. The maximum atomic E-state index is 11.7. The number of benzene rings is 1. The lowest BCUT2D eigenvalue weighted by Crippen LogP contribution is -2.20. The van der Waals surface area contributed by atoms with Crippen LogP contribution in [0.4, 0.5) is 11.4 Å². The van der Waals surface area contributed by atoms with E-state index < -0.39 is 14.8 Å². The van der Waals surface area contributed by atoms with E-state index in [0.29, 0.717) is 5.69 Å². The van der Waals surface area contributed by atoms with Gasteiger partial charge >= 0.3 is 0 Å². The van der Waals surface area contributed by atoms with Crippen molar-refractivity contribution in [1.29, 1.82) is 0 Å². The molecule has 0 amide bonds. The Morgan fingerprint density at radius 3 is 1.71 bits per heavy atom. The number of rotatable bonds is 18. The highest BCUT2D eigenvalue weighted by Gasteiger charge is 2.20. The minimum atomic E-state index is -3.47. The van der Waals surface area contributed by atoms with Crippen molar-refractivity contribution < 1.29 is 13.3 Å². The molecule has 0 N–H and O–H groups in total. The normalized spacial score (nSPS) is 11.6. The van der Waals surface area contributed by atoms with Crippen LogP contribution in [0.15, 0.2) is 23.1 Å². The highest BCUT2D eigenvalue weighted by Crippen LogP contribution is 2.30. The van der Waals surface area contributed by atoms with Gasteiger partial charge in [-0.3, -0.25) is 10.1 Å². The molecule has 0 saturated carbocycles. The summed E-state index contributed by atoms with van der Waals surface area (Å²) in [4.78, 5) is 12.7. The van der Waals surface area contributed by atoms with Crippen LogP contribution in [0, 0.1) is 10.1 Å². The Hall–Kier alpha value is -1.63. The van der Waals surface area contributed by atoms with Gasteiger partial charge in [-0.05, 0) is 18.6 Å². The summed E-state index contributed by atoms with van der Waals surface area (Å²) in [5, 5.41) is 11.4. The molecule has 0 aromatic heterocycles. The number of nitrogens with zero attached hydrogens (tertiary/aromatic N) is 2. The highest BCUT2D eigenvalue weighted by molar-refractivity contribution is 7.90. The van der Waals surface area contributed by atoms with E-state index in [1.165, 1.54) is 83.1 Å². The molecule has 1 aromatic carbocycles. The van der Waals surface area contributed by atoms with E-state index in [4.69, 9.17) is 0 Å². The average Bonchev–Trinajstić information content (AvgIpc) is 2.72. The first-order valence-electron chi connectivity index (χ1n) is 12.0. The molecule has 1 rings (SSSR count). The Labute approximate surface area is 189 Å². The van der Waals surface area contributed by atoms with Gasteiger partial charge in [-0.15, -0.1) is 0 Å². The quantitative estimate of drug-likeness (QED) is 0.137. The summed E-state index contributed by atoms with van der Waals surface area (Å²) < 4.78 is 23.3. The van der Waals surface area contributed by atoms with E-state index in [0.717, 1.165) is 31.7 Å². The van der Waals surface area contributed by atoms with E-state index in [2.05, 4.69) is 6.92 Å². The number of anilines is 1. The third-order valence-corrected chi connectivity index (χ3v) is 6.94. The Morgan fingerprint density at radius 1 is 0.839 bits per heavy atom. The first kappa shape index (κ1) is 27.4. The van der Waals surface area contributed by atoms with Gasteiger partial charge in [0.1, 0.15) is 5.69 Å². The molecule has 0 unspecified atom stereocenters. The second-order valence-corrected chi connectivity index (χ2v) is 10.7. The largest absolute Gasteiger partial charge is 0.369 e. The fourth-order valence-electron chi connectivity index (χ4n) is 3.87. The number of nitro benzene ring substituents is 1. The van der Waals surface area contributed by atoms with Gasteiger partial charge in [0.15, 0.2) is 9.84 Å². The summed E-state index contributed by atoms with van der Waals surface area (Å²) in [5.41, 5.74) is 0.308. The van der Waals surface area contributed by atoms with Crippen LogP contribution in [0.25, 0.3) is 0 Å². The number of hydrogen-bond acceptors (Lipinski definition) is 5. The average molecular weight is 455 g/mol. The SMILES string of the molecule is CCCCCCCCCCCCCCCCN(C)c1ccc(S(C)(=O)=O)cc1[N+](=O)[O-]. The van der Waals surface area contributed by atoms with E-state index in [-0.39, 0.29) is 10.6 Å². The van der Waals surface area contributed by atoms with E-state index in [1.54, 1.807) is 6.07 Å². The summed E-state index contributed by atoms with van der Waals surface area (Å²) >= 11 is 0. The molecule has 6 nitrogen and oxygen atoms in total. The first-order chi connectivity index (χ1) is 14.8. The van der Waals surface area contributed by atoms with Gasteiger partial charge < -0.3 is 4.90 Å². The number of hydrogen-bond donors (Lipinski definition) is 0. The van der Waals surface area contributed by atoms with Crippen molar-refractivity contribution in [2.45, 2.75) is 102 Å². The van der Waals surface area contributed by atoms with Crippen molar-refractivity contribution in [3.8, 4) is 0 Å². The molecule has 178 valence electrons. The zero-order valence-corrected chi connectivity index (χ0v) is 20.6. The van der Waals surface area contributed by atoms with Crippen molar-refractivity contribution >= 4 is 21.2 Å². The van der Waals surface area contributed by atoms with Crippen LogP contribution in [0.3, 0.4) is 0 Å². The molecule has 7 heteroatoms. The van der Waals surface area contributed by atoms with Crippen LogP contribution < -0.4 is 4.90 Å². The van der Waals surface area contributed by atoms with Gasteiger partial charge in [-0.2, -0.15) is 0 Å². The smallest absolute Gasteiger partial charge is 0.293 e. The van der Waals surface area contributed by atoms with Crippen LogP contribution in [0.2, 0.25) is 0 Å². The molecule has 31 heavy (non-hydrogen) atoms. The zero-order chi connectivity index (χ0) is 23.1. The molecular weight excluding hydrogens is 412 g/mol. The molecule has 0 aliphatic heterocycles. The second-order valence-electron chi connectivity index (χ2n) is 8.70. The molecule has 0 saturated heterocycles. The molecule has 0 bridgehead atoms. The van der Waals surface area contributed by atoms with Crippen molar-refractivity contribution in [1.82, 2.24) is 0 Å². The number of sulfone groups is 1. The molecule has 0 radical (unpaired) electrons. The molecular formula is C24H42N2O4S. The number of unbranched alkanes of at least 4 members (excludes halogenated alkanes) is 13. The van der Waals surface area contributed by atoms with Gasteiger partial charge in [-0.25, -0.2) is 8.42 Å². The fraction of sp³-hybridized carbons (Fsp3) is 0.750. The zero-order valence-electron chi connectivity index (χ0n) is 19.8.